The molecule has 3 heterocycles. The summed E-state index contributed by atoms with van der Waals surface area (Å²) in [6, 6.07) is 12.6. The van der Waals surface area contributed by atoms with Gasteiger partial charge in [-0.15, -0.1) is 26.6 Å². The zero-order valence-corrected chi connectivity index (χ0v) is 17.6. The van der Waals surface area contributed by atoms with Crippen molar-refractivity contribution >= 4 is 27.0 Å². The van der Waals surface area contributed by atoms with E-state index in [-0.39, 0.29) is 29.1 Å². The minimum absolute atomic E-state index is 0.0917. The molecule has 0 atom stereocenters. The molecule has 0 unspecified atom stereocenters. The van der Waals surface area contributed by atoms with E-state index in [1.54, 1.807) is 30.3 Å². The highest BCUT2D eigenvalue weighted by Gasteiger charge is 2.16. The number of hydrogen-bond donors (Lipinski definition) is 1. The third kappa shape index (κ3) is 4.32. The highest BCUT2D eigenvalue weighted by molar-refractivity contribution is 7.91. The molecule has 0 aliphatic heterocycles. The van der Waals surface area contributed by atoms with E-state index in [0.717, 1.165) is 11.3 Å². The second-order valence-corrected chi connectivity index (χ2v) is 9.45. The number of halogens is 1. The third-order valence-corrected chi connectivity index (χ3v) is 7.42. The molecule has 0 aliphatic carbocycles. The Morgan fingerprint density at radius 1 is 1.10 bits per heavy atom. The predicted octanol–water partition coefficient (Wildman–Crippen LogP) is 2.91. The van der Waals surface area contributed by atoms with Gasteiger partial charge < -0.3 is 4.74 Å². The van der Waals surface area contributed by atoms with Crippen molar-refractivity contribution in [1.29, 1.82) is 0 Å². The van der Waals surface area contributed by atoms with Crippen LogP contribution in [0.1, 0.15) is 11.8 Å². The second-order valence-electron chi connectivity index (χ2n) is 6.29. The summed E-state index contributed by atoms with van der Waals surface area (Å²) in [6.45, 7) is 2.16. The van der Waals surface area contributed by atoms with E-state index in [1.807, 2.05) is 13.0 Å². The number of benzene rings is 1. The van der Waals surface area contributed by atoms with Gasteiger partial charge in [-0.05, 0) is 48.9 Å². The predicted molar refractivity (Wildman–Crippen MR) is 111 cm³/mol. The molecule has 30 heavy (non-hydrogen) atoms. The summed E-state index contributed by atoms with van der Waals surface area (Å²) in [5.74, 6) is 0.385. The van der Waals surface area contributed by atoms with Crippen molar-refractivity contribution in [3.8, 4) is 17.3 Å². The molecule has 0 bridgehead atoms. The zero-order valence-electron chi connectivity index (χ0n) is 15.9. The Morgan fingerprint density at radius 3 is 2.63 bits per heavy atom. The molecule has 0 spiro atoms. The molecule has 0 saturated heterocycles. The van der Waals surface area contributed by atoms with Crippen molar-refractivity contribution in [3.63, 3.8) is 0 Å². The van der Waals surface area contributed by atoms with Crippen molar-refractivity contribution in [2.45, 2.75) is 17.6 Å². The first-order valence-electron chi connectivity index (χ1n) is 9.16. The minimum atomic E-state index is -3.56. The van der Waals surface area contributed by atoms with Crippen LogP contribution in [0, 0.1) is 5.82 Å². The summed E-state index contributed by atoms with van der Waals surface area (Å²) in [7, 11) is -3.56. The average Bonchev–Trinajstić information content (AvgIpc) is 3.39. The van der Waals surface area contributed by atoms with E-state index >= 15 is 0 Å². The largest absolute Gasteiger partial charge is 0.475 e. The number of nitrogens with one attached hydrogen (secondary N) is 1. The lowest BCUT2D eigenvalue weighted by Crippen LogP contribution is -2.27. The van der Waals surface area contributed by atoms with Crippen molar-refractivity contribution < 1.29 is 17.5 Å². The summed E-state index contributed by atoms with van der Waals surface area (Å²) in [5, 5.41) is 12.5. The maximum Gasteiger partial charge on any atom is 0.250 e. The van der Waals surface area contributed by atoms with Crippen LogP contribution in [0.15, 0.2) is 52.7 Å². The van der Waals surface area contributed by atoms with Crippen molar-refractivity contribution in [1.82, 2.24) is 24.5 Å². The number of nitrogens with zero attached hydrogens (tertiary/aromatic N) is 4. The molecule has 0 aliphatic rings. The molecule has 3 aromatic heterocycles. The summed E-state index contributed by atoms with van der Waals surface area (Å²) in [4.78, 5) is 1.01. The first-order chi connectivity index (χ1) is 14.5. The van der Waals surface area contributed by atoms with Crippen molar-refractivity contribution in [3.05, 3.63) is 59.2 Å². The van der Waals surface area contributed by atoms with Gasteiger partial charge in [0.2, 0.25) is 15.9 Å². The van der Waals surface area contributed by atoms with Gasteiger partial charge in [-0.3, -0.25) is 0 Å². The number of aryl methyl sites for hydroxylation is 1. The Bertz CT molecular complexity index is 1270. The Hall–Kier alpha value is -2.89. The quantitative estimate of drug-likeness (QED) is 0.417. The van der Waals surface area contributed by atoms with Gasteiger partial charge in [0.25, 0.3) is 0 Å². The Labute approximate surface area is 176 Å². The van der Waals surface area contributed by atoms with Gasteiger partial charge in [0.05, 0.1) is 0 Å². The second kappa shape index (κ2) is 8.46. The molecule has 1 N–H and O–H groups in total. The molecule has 4 aromatic rings. The first-order valence-corrected chi connectivity index (χ1v) is 11.5. The van der Waals surface area contributed by atoms with E-state index in [4.69, 9.17) is 4.74 Å². The van der Waals surface area contributed by atoms with E-state index < -0.39 is 10.0 Å². The fourth-order valence-corrected chi connectivity index (χ4v) is 5.08. The highest BCUT2D eigenvalue weighted by Crippen LogP contribution is 2.22. The van der Waals surface area contributed by atoms with E-state index in [1.165, 1.54) is 28.0 Å². The Morgan fingerprint density at radius 2 is 1.90 bits per heavy atom. The van der Waals surface area contributed by atoms with Gasteiger partial charge in [-0.25, -0.2) is 17.5 Å². The number of hydrogen-bond acceptors (Lipinski definition) is 7. The van der Waals surface area contributed by atoms with Gasteiger partial charge in [-0.1, -0.05) is 6.92 Å². The van der Waals surface area contributed by atoms with Gasteiger partial charge in [0.1, 0.15) is 16.6 Å². The number of fused-ring (bicyclic) bond motifs is 1. The molecule has 0 amide bonds. The monoisotopic (exact) mass is 447 g/mol. The normalized spacial score (nSPS) is 11.8. The van der Waals surface area contributed by atoms with Crippen LogP contribution in [-0.2, 0) is 16.4 Å². The average molecular weight is 448 g/mol. The number of ether oxygens (including phenoxy) is 1. The maximum absolute atomic E-state index is 13.2. The SMILES string of the molecule is CCc1ccc(S(=O)(=O)NCCOc2ccc3nnc(-c4ccc(F)cc4)n3n2)s1. The summed E-state index contributed by atoms with van der Waals surface area (Å²) in [5.41, 5.74) is 1.16. The van der Waals surface area contributed by atoms with Crippen LogP contribution in [0.2, 0.25) is 0 Å². The molecule has 0 radical (unpaired) electrons. The minimum Gasteiger partial charge on any atom is -0.475 e. The fourth-order valence-electron chi connectivity index (χ4n) is 2.72. The van der Waals surface area contributed by atoms with Crippen LogP contribution in [0.25, 0.3) is 17.0 Å². The van der Waals surface area contributed by atoms with E-state index in [9.17, 15) is 12.8 Å². The lowest BCUT2D eigenvalue weighted by molar-refractivity contribution is 0.306. The van der Waals surface area contributed by atoms with Crippen LogP contribution in [-0.4, -0.2) is 41.4 Å². The topological polar surface area (TPSA) is 98.5 Å². The number of rotatable bonds is 8. The summed E-state index contributed by atoms with van der Waals surface area (Å²) in [6.07, 6.45) is 0.792. The van der Waals surface area contributed by atoms with Crippen LogP contribution in [0.3, 0.4) is 0 Å². The van der Waals surface area contributed by atoms with Crippen LogP contribution in [0.5, 0.6) is 5.88 Å². The fraction of sp³-hybridized carbons (Fsp3) is 0.211. The number of thiophene rings is 1. The summed E-state index contributed by atoms with van der Waals surface area (Å²) < 4.78 is 47.7. The summed E-state index contributed by atoms with van der Waals surface area (Å²) >= 11 is 1.25. The smallest absolute Gasteiger partial charge is 0.250 e. The van der Waals surface area contributed by atoms with Gasteiger partial charge >= 0.3 is 0 Å². The molecule has 4 rings (SSSR count). The molecular weight excluding hydrogens is 429 g/mol. The number of aromatic nitrogens is 4. The van der Waals surface area contributed by atoms with Gasteiger partial charge in [-0.2, -0.15) is 4.52 Å². The highest BCUT2D eigenvalue weighted by atomic mass is 32.2. The molecule has 0 saturated carbocycles. The van der Waals surface area contributed by atoms with Crippen LogP contribution in [0.4, 0.5) is 4.39 Å². The van der Waals surface area contributed by atoms with E-state index in [0.29, 0.717) is 17.0 Å². The van der Waals surface area contributed by atoms with E-state index in [2.05, 4.69) is 20.0 Å². The van der Waals surface area contributed by atoms with Crippen LogP contribution >= 0.6 is 11.3 Å². The van der Waals surface area contributed by atoms with Crippen LogP contribution < -0.4 is 9.46 Å². The lowest BCUT2D eigenvalue weighted by atomic mass is 10.2. The lowest BCUT2D eigenvalue weighted by Gasteiger charge is -2.07. The van der Waals surface area contributed by atoms with Crippen molar-refractivity contribution in [2.75, 3.05) is 13.2 Å². The van der Waals surface area contributed by atoms with Crippen molar-refractivity contribution in [2.24, 2.45) is 0 Å². The molecule has 8 nitrogen and oxygen atoms in total. The molecule has 11 heteroatoms. The molecule has 1 aromatic carbocycles. The Kier molecular flexibility index (Phi) is 5.75. The molecular formula is C19H18FN5O3S2. The van der Waals surface area contributed by atoms with Gasteiger partial charge in [0, 0.05) is 23.1 Å². The maximum atomic E-state index is 13.2. The molecule has 156 valence electrons. The Balaban J connectivity index is 1.42. The molecule has 0 fully saturated rings. The zero-order chi connectivity index (χ0) is 21.1. The standard InChI is InChI=1S/C19H18FN5O3S2/c1-2-15-7-10-18(29-15)30(26,27)21-11-12-28-17-9-8-16-22-23-19(25(16)24-17)13-3-5-14(20)6-4-13/h3-10,21H,2,11-12H2,1H3. The first kappa shape index (κ1) is 20.4. The third-order valence-electron chi connectivity index (χ3n) is 4.24. The number of sulfonamides is 1. The van der Waals surface area contributed by atoms with Gasteiger partial charge in [0.15, 0.2) is 11.5 Å².